The minimum atomic E-state index is -3.77. The molecule has 38 heavy (non-hydrogen) atoms. The summed E-state index contributed by atoms with van der Waals surface area (Å²) in [6.45, 7) is 0.302. The second-order valence-electron chi connectivity index (χ2n) is 9.85. The number of rotatable bonds is 9. The number of sulfonamides is 1. The summed E-state index contributed by atoms with van der Waals surface area (Å²) in [5.74, 6) is 0.404. The SMILES string of the molecule is COc1ccc(CC2(C(=O)NCCc3ccc(S(N)(=O)=O)cc3)CC=NN2C(=O)NC2CCCCC2)cc1. The Labute approximate surface area is 223 Å². The van der Waals surface area contributed by atoms with Crippen LogP contribution in [-0.4, -0.2) is 56.8 Å². The van der Waals surface area contributed by atoms with Gasteiger partial charge >= 0.3 is 6.03 Å². The van der Waals surface area contributed by atoms with Crippen LogP contribution in [0.2, 0.25) is 0 Å². The summed E-state index contributed by atoms with van der Waals surface area (Å²) in [6.07, 6.45) is 7.82. The third-order valence-electron chi connectivity index (χ3n) is 7.19. The largest absolute Gasteiger partial charge is 0.497 e. The smallest absolute Gasteiger partial charge is 0.339 e. The van der Waals surface area contributed by atoms with E-state index in [0.29, 0.717) is 18.7 Å². The Balaban J connectivity index is 1.49. The Bertz CT molecular complexity index is 1260. The molecule has 1 aliphatic heterocycles. The summed E-state index contributed by atoms with van der Waals surface area (Å²) < 4.78 is 28.2. The van der Waals surface area contributed by atoms with Crippen molar-refractivity contribution in [2.45, 2.75) is 67.8 Å². The minimum Gasteiger partial charge on any atom is -0.497 e. The van der Waals surface area contributed by atoms with E-state index in [9.17, 15) is 18.0 Å². The molecule has 11 heteroatoms. The van der Waals surface area contributed by atoms with Crippen molar-refractivity contribution < 1.29 is 22.7 Å². The van der Waals surface area contributed by atoms with E-state index in [4.69, 9.17) is 9.88 Å². The lowest BCUT2D eigenvalue weighted by molar-refractivity contribution is -0.131. The van der Waals surface area contributed by atoms with Crippen molar-refractivity contribution in [1.29, 1.82) is 0 Å². The van der Waals surface area contributed by atoms with E-state index in [1.807, 2.05) is 24.3 Å². The maximum absolute atomic E-state index is 13.7. The van der Waals surface area contributed by atoms with Gasteiger partial charge in [0.15, 0.2) is 5.54 Å². The van der Waals surface area contributed by atoms with E-state index >= 15 is 0 Å². The molecule has 3 amide bonds. The molecule has 1 unspecified atom stereocenters. The maximum atomic E-state index is 13.7. The molecular formula is C27H35N5O5S. The first kappa shape index (κ1) is 27.6. The molecule has 0 aromatic heterocycles. The number of hydrogen-bond donors (Lipinski definition) is 3. The molecule has 1 aliphatic carbocycles. The number of nitrogens with zero attached hydrogens (tertiary/aromatic N) is 2. The van der Waals surface area contributed by atoms with Crippen molar-refractivity contribution >= 4 is 28.2 Å². The fourth-order valence-electron chi connectivity index (χ4n) is 5.03. The van der Waals surface area contributed by atoms with Crippen LogP contribution in [0.5, 0.6) is 5.75 Å². The summed E-state index contributed by atoms with van der Waals surface area (Å²) in [5, 5.41) is 16.9. The molecular weight excluding hydrogens is 506 g/mol. The molecule has 1 atom stereocenters. The number of carbonyl (C=O) groups is 2. The number of primary sulfonamides is 1. The molecule has 0 saturated heterocycles. The van der Waals surface area contributed by atoms with Crippen LogP contribution in [0.1, 0.15) is 49.7 Å². The number of amides is 3. The number of urea groups is 1. The number of carbonyl (C=O) groups excluding carboxylic acids is 2. The van der Waals surface area contributed by atoms with Crippen LogP contribution in [0.3, 0.4) is 0 Å². The first-order valence-electron chi connectivity index (χ1n) is 12.9. The van der Waals surface area contributed by atoms with Crippen LogP contribution in [0.25, 0.3) is 0 Å². The van der Waals surface area contributed by atoms with Gasteiger partial charge in [0.2, 0.25) is 15.9 Å². The molecule has 2 aromatic carbocycles. The number of nitrogens with one attached hydrogen (secondary N) is 2. The number of nitrogens with two attached hydrogens (primary N) is 1. The topological polar surface area (TPSA) is 143 Å². The first-order chi connectivity index (χ1) is 18.2. The Morgan fingerprint density at radius 3 is 2.34 bits per heavy atom. The summed E-state index contributed by atoms with van der Waals surface area (Å²) >= 11 is 0. The monoisotopic (exact) mass is 541 g/mol. The number of benzene rings is 2. The number of hydrogen-bond acceptors (Lipinski definition) is 6. The van der Waals surface area contributed by atoms with Gasteiger partial charge in [0.1, 0.15) is 5.75 Å². The number of ether oxygens (including phenoxy) is 1. The van der Waals surface area contributed by atoms with E-state index in [-0.39, 0.29) is 35.7 Å². The molecule has 2 aliphatic rings. The molecule has 4 N–H and O–H groups in total. The predicted molar refractivity (Wildman–Crippen MR) is 144 cm³/mol. The summed E-state index contributed by atoms with van der Waals surface area (Å²) in [6, 6.07) is 13.4. The van der Waals surface area contributed by atoms with Crippen LogP contribution in [0.15, 0.2) is 58.5 Å². The molecule has 4 rings (SSSR count). The summed E-state index contributed by atoms with van der Waals surface area (Å²) in [7, 11) is -2.18. The molecule has 2 aromatic rings. The van der Waals surface area contributed by atoms with Gasteiger partial charge in [-0.1, -0.05) is 43.5 Å². The fraction of sp³-hybridized carbons (Fsp3) is 0.444. The van der Waals surface area contributed by atoms with Crippen molar-refractivity contribution in [3.8, 4) is 5.75 Å². The normalized spacial score (nSPS) is 19.8. The van der Waals surface area contributed by atoms with Gasteiger partial charge in [0.25, 0.3) is 0 Å². The second-order valence-corrected chi connectivity index (χ2v) is 11.4. The Morgan fingerprint density at radius 2 is 1.71 bits per heavy atom. The van der Waals surface area contributed by atoms with Gasteiger partial charge in [-0.15, -0.1) is 0 Å². The van der Waals surface area contributed by atoms with Crippen molar-refractivity contribution in [2.75, 3.05) is 13.7 Å². The standard InChI is InChI=1S/C27H35N5O5S/c1-37-23-11-7-21(8-12-23)19-27(16-18-30-32(27)26(34)31-22-5-3-2-4-6-22)25(33)29-17-15-20-9-13-24(14-10-20)38(28,35)36/h7-14,18,22H,2-6,15-17,19H2,1H3,(H,29,33)(H,31,34)(H2,28,35,36). The summed E-state index contributed by atoms with van der Waals surface area (Å²) in [4.78, 5) is 27.2. The van der Waals surface area contributed by atoms with Gasteiger partial charge in [-0.25, -0.2) is 18.4 Å². The van der Waals surface area contributed by atoms with Gasteiger partial charge in [-0.05, 0) is 54.7 Å². The average Bonchev–Trinajstić information content (AvgIpc) is 3.34. The average molecular weight is 542 g/mol. The van der Waals surface area contributed by atoms with Crippen LogP contribution in [0.4, 0.5) is 4.79 Å². The lowest BCUT2D eigenvalue weighted by Crippen LogP contribution is -2.61. The van der Waals surface area contributed by atoms with E-state index in [2.05, 4.69) is 15.7 Å². The highest BCUT2D eigenvalue weighted by atomic mass is 32.2. The first-order valence-corrected chi connectivity index (χ1v) is 14.4. The molecule has 1 heterocycles. The van der Waals surface area contributed by atoms with Crippen LogP contribution >= 0.6 is 0 Å². The van der Waals surface area contributed by atoms with Gasteiger partial charge in [-0.2, -0.15) is 10.1 Å². The van der Waals surface area contributed by atoms with Crippen molar-refractivity contribution in [3.63, 3.8) is 0 Å². The van der Waals surface area contributed by atoms with E-state index in [1.165, 1.54) is 23.6 Å². The molecule has 1 fully saturated rings. The van der Waals surface area contributed by atoms with E-state index in [1.54, 1.807) is 25.5 Å². The highest BCUT2D eigenvalue weighted by molar-refractivity contribution is 7.89. The predicted octanol–water partition coefficient (Wildman–Crippen LogP) is 2.72. The van der Waals surface area contributed by atoms with Gasteiger partial charge in [0.05, 0.1) is 12.0 Å². The van der Waals surface area contributed by atoms with E-state index in [0.717, 1.165) is 36.8 Å². The Morgan fingerprint density at radius 1 is 1.05 bits per heavy atom. The van der Waals surface area contributed by atoms with Crippen molar-refractivity contribution in [1.82, 2.24) is 15.6 Å². The zero-order valence-electron chi connectivity index (χ0n) is 21.6. The molecule has 10 nitrogen and oxygen atoms in total. The summed E-state index contributed by atoms with van der Waals surface area (Å²) in [5.41, 5.74) is 0.502. The van der Waals surface area contributed by atoms with Crippen LogP contribution in [0, 0.1) is 0 Å². The van der Waals surface area contributed by atoms with Crippen molar-refractivity contribution in [3.05, 3.63) is 59.7 Å². The maximum Gasteiger partial charge on any atom is 0.339 e. The third kappa shape index (κ3) is 6.51. The highest BCUT2D eigenvalue weighted by Gasteiger charge is 2.49. The third-order valence-corrected chi connectivity index (χ3v) is 8.12. The fourth-order valence-corrected chi connectivity index (χ4v) is 5.54. The van der Waals surface area contributed by atoms with Crippen LogP contribution < -0.4 is 20.5 Å². The lowest BCUT2D eigenvalue weighted by Gasteiger charge is -2.36. The van der Waals surface area contributed by atoms with Gasteiger partial charge in [0, 0.05) is 31.6 Å². The molecule has 1 saturated carbocycles. The second kappa shape index (κ2) is 12.0. The lowest BCUT2D eigenvalue weighted by atomic mass is 9.86. The zero-order chi connectivity index (χ0) is 27.2. The number of hydrazone groups is 1. The minimum absolute atomic E-state index is 0.0338. The van der Waals surface area contributed by atoms with Gasteiger partial charge in [-0.3, -0.25) is 4.79 Å². The van der Waals surface area contributed by atoms with Gasteiger partial charge < -0.3 is 15.4 Å². The zero-order valence-corrected chi connectivity index (χ0v) is 22.4. The molecule has 0 bridgehead atoms. The highest BCUT2D eigenvalue weighted by Crippen LogP contribution is 2.31. The molecule has 0 radical (unpaired) electrons. The van der Waals surface area contributed by atoms with E-state index < -0.39 is 15.6 Å². The Kier molecular flexibility index (Phi) is 8.68. The quantitative estimate of drug-likeness (QED) is 0.447. The molecule has 0 spiro atoms. The number of methoxy groups -OCH3 is 1. The van der Waals surface area contributed by atoms with Crippen LogP contribution in [-0.2, 0) is 27.7 Å². The molecule has 204 valence electrons. The Hall–Kier alpha value is -3.44. The van der Waals surface area contributed by atoms with Crippen molar-refractivity contribution in [2.24, 2.45) is 10.2 Å².